The van der Waals surface area contributed by atoms with Crippen molar-refractivity contribution >= 4 is 10.0 Å². The molecular formula is C14H20N2O3S. The van der Waals surface area contributed by atoms with Crippen molar-refractivity contribution in [2.45, 2.75) is 24.3 Å². The molecule has 0 heterocycles. The summed E-state index contributed by atoms with van der Waals surface area (Å²) >= 11 is 0. The van der Waals surface area contributed by atoms with Crippen LogP contribution in [0.25, 0.3) is 0 Å². The van der Waals surface area contributed by atoms with Crippen LogP contribution in [0.4, 0.5) is 0 Å². The first-order chi connectivity index (χ1) is 9.53. The summed E-state index contributed by atoms with van der Waals surface area (Å²) < 4.78 is 32.0. The fourth-order valence-corrected chi connectivity index (χ4v) is 2.90. The molecular weight excluding hydrogens is 276 g/mol. The highest BCUT2D eigenvalue weighted by Crippen LogP contribution is 2.11. The van der Waals surface area contributed by atoms with Crippen LogP contribution in [0.5, 0.6) is 0 Å². The van der Waals surface area contributed by atoms with Crippen molar-refractivity contribution in [2.75, 3.05) is 20.3 Å². The number of nitrogens with one attached hydrogen (secondary N) is 1. The van der Waals surface area contributed by atoms with Crippen molar-refractivity contribution < 1.29 is 13.2 Å². The first kappa shape index (κ1) is 16.7. The Morgan fingerprint density at radius 1 is 1.35 bits per heavy atom. The van der Waals surface area contributed by atoms with Gasteiger partial charge >= 0.3 is 0 Å². The second kappa shape index (κ2) is 8.02. The van der Waals surface area contributed by atoms with Crippen LogP contribution in [-0.2, 0) is 14.8 Å². The first-order valence-electron chi connectivity index (χ1n) is 6.33. The molecule has 1 aromatic carbocycles. The van der Waals surface area contributed by atoms with E-state index in [9.17, 15) is 8.42 Å². The lowest BCUT2D eigenvalue weighted by molar-refractivity contribution is 0.173. The van der Waals surface area contributed by atoms with Gasteiger partial charge in [0.1, 0.15) is 0 Å². The van der Waals surface area contributed by atoms with Gasteiger partial charge in [-0.2, -0.15) is 0 Å². The quantitative estimate of drug-likeness (QED) is 0.757. The molecule has 0 saturated carbocycles. The summed E-state index contributed by atoms with van der Waals surface area (Å²) in [4.78, 5) is 0.213. The van der Waals surface area contributed by atoms with E-state index in [0.29, 0.717) is 13.0 Å². The predicted octanol–water partition coefficient (Wildman–Crippen LogP) is 0.700. The summed E-state index contributed by atoms with van der Waals surface area (Å²) in [5, 5.41) is 0. The van der Waals surface area contributed by atoms with Gasteiger partial charge in [0.2, 0.25) is 10.0 Å². The van der Waals surface area contributed by atoms with Crippen LogP contribution in [-0.4, -0.2) is 34.7 Å². The standard InChI is InChI=1S/C14H20N2O3S/c1-3-13(11-19-2)16-20(17,18)14-8-6-12(7-9-14)5-4-10-15/h6-9,13,16H,3,10-11,15H2,1-2H3. The molecule has 0 spiro atoms. The Hall–Kier alpha value is -1.39. The third-order valence-corrected chi connectivity index (χ3v) is 4.22. The molecule has 0 amide bonds. The Bertz CT molecular complexity index is 571. The molecule has 0 aliphatic carbocycles. The second-order valence-corrected chi connectivity index (χ2v) is 5.93. The molecule has 5 nitrogen and oxygen atoms in total. The minimum Gasteiger partial charge on any atom is -0.383 e. The van der Waals surface area contributed by atoms with Crippen LogP contribution in [0.1, 0.15) is 18.9 Å². The number of hydrogen-bond acceptors (Lipinski definition) is 4. The van der Waals surface area contributed by atoms with Crippen molar-refractivity contribution in [1.82, 2.24) is 4.72 Å². The Kier molecular flexibility index (Phi) is 6.68. The topological polar surface area (TPSA) is 81.4 Å². The van der Waals surface area contributed by atoms with E-state index in [1.54, 1.807) is 19.2 Å². The molecule has 0 saturated heterocycles. The lowest BCUT2D eigenvalue weighted by atomic mass is 10.2. The van der Waals surface area contributed by atoms with E-state index in [2.05, 4.69) is 16.6 Å². The van der Waals surface area contributed by atoms with Crippen LogP contribution < -0.4 is 10.5 Å². The second-order valence-electron chi connectivity index (χ2n) is 4.21. The Labute approximate surface area is 120 Å². The highest BCUT2D eigenvalue weighted by molar-refractivity contribution is 7.89. The van der Waals surface area contributed by atoms with E-state index >= 15 is 0 Å². The Morgan fingerprint density at radius 3 is 2.50 bits per heavy atom. The third kappa shape index (κ3) is 4.94. The van der Waals surface area contributed by atoms with Crippen molar-refractivity contribution in [3.63, 3.8) is 0 Å². The number of hydrogen-bond donors (Lipinski definition) is 2. The number of rotatable bonds is 6. The molecule has 3 N–H and O–H groups in total. The molecule has 0 aliphatic rings. The van der Waals surface area contributed by atoms with Gasteiger partial charge in [0.05, 0.1) is 18.0 Å². The zero-order valence-corrected chi connectivity index (χ0v) is 12.5. The SMILES string of the molecule is CCC(COC)NS(=O)(=O)c1ccc(C#CCN)cc1. The van der Waals surface area contributed by atoms with Crippen molar-refractivity contribution in [3.05, 3.63) is 29.8 Å². The Morgan fingerprint density at radius 2 is 2.00 bits per heavy atom. The van der Waals surface area contributed by atoms with Crippen LogP contribution in [0.3, 0.4) is 0 Å². The van der Waals surface area contributed by atoms with E-state index in [1.165, 1.54) is 12.1 Å². The molecule has 6 heteroatoms. The van der Waals surface area contributed by atoms with Gasteiger partial charge in [-0.1, -0.05) is 18.8 Å². The minimum atomic E-state index is -3.53. The predicted molar refractivity (Wildman–Crippen MR) is 78.7 cm³/mol. The molecule has 110 valence electrons. The zero-order valence-electron chi connectivity index (χ0n) is 11.7. The fourth-order valence-electron chi connectivity index (χ4n) is 1.59. The smallest absolute Gasteiger partial charge is 0.240 e. The van der Waals surface area contributed by atoms with E-state index in [0.717, 1.165) is 5.56 Å². The summed E-state index contributed by atoms with van der Waals surface area (Å²) in [7, 11) is -1.99. The summed E-state index contributed by atoms with van der Waals surface area (Å²) in [5.74, 6) is 5.56. The van der Waals surface area contributed by atoms with Gasteiger partial charge in [-0.25, -0.2) is 13.1 Å². The third-order valence-electron chi connectivity index (χ3n) is 2.68. The Balaban J connectivity index is 2.87. The average molecular weight is 296 g/mol. The maximum atomic E-state index is 12.2. The van der Waals surface area contributed by atoms with Gasteiger partial charge < -0.3 is 10.5 Å². The average Bonchev–Trinajstić information content (AvgIpc) is 2.45. The first-order valence-corrected chi connectivity index (χ1v) is 7.82. The monoisotopic (exact) mass is 296 g/mol. The number of methoxy groups -OCH3 is 1. The molecule has 0 fully saturated rings. The lowest BCUT2D eigenvalue weighted by Gasteiger charge is -2.16. The van der Waals surface area contributed by atoms with Crippen molar-refractivity contribution in [3.8, 4) is 11.8 Å². The lowest BCUT2D eigenvalue weighted by Crippen LogP contribution is -2.37. The molecule has 1 rings (SSSR count). The summed E-state index contributed by atoms with van der Waals surface area (Å²) in [6, 6.07) is 6.15. The normalized spacial score (nSPS) is 12.6. The number of sulfonamides is 1. The van der Waals surface area contributed by atoms with Crippen molar-refractivity contribution in [2.24, 2.45) is 5.73 Å². The van der Waals surface area contributed by atoms with Crippen LogP contribution in [0.15, 0.2) is 29.2 Å². The molecule has 20 heavy (non-hydrogen) atoms. The van der Waals surface area contributed by atoms with Gasteiger partial charge in [-0.3, -0.25) is 0 Å². The maximum absolute atomic E-state index is 12.2. The minimum absolute atomic E-state index is 0.213. The molecule has 1 unspecified atom stereocenters. The summed E-state index contributed by atoms with van der Waals surface area (Å²) in [6.45, 7) is 2.52. The molecule has 1 atom stereocenters. The van der Waals surface area contributed by atoms with E-state index < -0.39 is 10.0 Å². The molecule has 0 radical (unpaired) electrons. The van der Waals surface area contributed by atoms with E-state index in [4.69, 9.17) is 10.5 Å². The maximum Gasteiger partial charge on any atom is 0.240 e. The van der Waals surface area contributed by atoms with Gasteiger partial charge in [0.25, 0.3) is 0 Å². The van der Waals surface area contributed by atoms with E-state index in [-0.39, 0.29) is 17.5 Å². The highest BCUT2D eigenvalue weighted by Gasteiger charge is 2.18. The highest BCUT2D eigenvalue weighted by atomic mass is 32.2. The van der Waals surface area contributed by atoms with Crippen LogP contribution in [0.2, 0.25) is 0 Å². The molecule has 0 aromatic heterocycles. The summed E-state index contributed by atoms with van der Waals surface area (Å²) in [6.07, 6.45) is 0.660. The van der Waals surface area contributed by atoms with Gasteiger partial charge in [-0.15, -0.1) is 0 Å². The van der Waals surface area contributed by atoms with Gasteiger partial charge in [-0.05, 0) is 30.7 Å². The molecule has 0 aliphatic heterocycles. The number of benzene rings is 1. The fraction of sp³-hybridized carbons (Fsp3) is 0.429. The van der Waals surface area contributed by atoms with Crippen LogP contribution >= 0.6 is 0 Å². The van der Waals surface area contributed by atoms with Crippen LogP contribution in [0, 0.1) is 11.8 Å². The molecule has 1 aromatic rings. The number of nitrogens with two attached hydrogens (primary N) is 1. The van der Waals surface area contributed by atoms with Gasteiger partial charge in [0.15, 0.2) is 0 Å². The van der Waals surface area contributed by atoms with Crippen molar-refractivity contribution in [1.29, 1.82) is 0 Å². The number of ether oxygens (including phenoxy) is 1. The molecule has 0 bridgehead atoms. The largest absolute Gasteiger partial charge is 0.383 e. The summed E-state index contributed by atoms with van der Waals surface area (Å²) in [5.41, 5.74) is 6.02. The van der Waals surface area contributed by atoms with Gasteiger partial charge in [0, 0.05) is 18.7 Å². The van der Waals surface area contributed by atoms with E-state index in [1.807, 2.05) is 6.92 Å². The zero-order chi connectivity index (χ0) is 15.0.